The van der Waals surface area contributed by atoms with Crippen molar-refractivity contribution >= 4 is 46.7 Å². The number of hydrogen-bond acceptors (Lipinski definition) is 3. The number of nitrogens with one attached hydrogen (secondary N) is 1. The monoisotopic (exact) mass is 454 g/mol. The predicted octanol–water partition coefficient (Wildman–Crippen LogP) is 6.44. The summed E-state index contributed by atoms with van der Waals surface area (Å²) in [4.78, 5) is 31.1. The molecular formula is C20H33Cl3N2O3. The summed E-state index contributed by atoms with van der Waals surface area (Å²) in [6, 6.07) is -0.686. The summed E-state index contributed by atoms with van der Waals surface area (Å²) in [5.74, 6) is -0.947. The second kappa shape index (κ2) is 12.5. The van der Waals surface area contributed by atoms with Crippen molar-refractivity contribution in [3.05, 3.63) is 0 Å². The molecule has 0 saturated heterocycles. The van der Waals surface area contributed by atoms with Crippen molar-refractivity contribution in [3.8, 4) is 0 Å². The summed E-state index contributed by atoms with van der Waals surface area (Å²) in [7, 11) is 0. The van der Waals surface area contributed by atoms with Crippen LogP contribution in [0.1, 0.15) is 96.3 Å². The van der Waals surface area contributed by atoms with Gasteiger partial charge in [-0.15, -0.1) is 0 Å². The lowest BCUT2D eigenvalue weighted by atomic mass is 9.99. The summed E-state index contributed by atoms with van der Waals surface area (Å²) in [6.07, 6.45) is 16.3. The molecule has 0 unspecified atom stereocenters. The molecule has 8 heteroatoms. The van der Waals surface area contributed by atoms with Crippen LogP contribution in [0.15, 0.2) is 0 Å². The zero-order valence-electron chi connectivity index (χ0n) is 16.6. The molecule has 2 fully saturated rings. The zero-order valence-corrected chi connectivity index (χ0v) is 18.8. The molecule has 0 radical (unpaired) electrons. The largest absolute Gasteiger partial charge is 0.348 e. The molecule has 3 amide bonds. The Morgan fingerprint density at radius 1 is 0.750 bits per heavy atom. The fraction of sp³-hybridized carbons (Fsp3) is 0.900. The summed E-state index contributed by atoms with van der Waals surface area (Å²) in [6.45, 7) is 0. The van der Waals surface area contributed by atoms with E-state index in [0.717, 1.165) is 64.2 Å². The molecule has 0 atom stereocenters. The first kappa shape index (κ1) is 24.0. The van der Waals surface area contributed by atoms with Gasteiger partial charge in [0, 0.05) is 0 Å². The summed E-state index contributed by atoms with van der Waals surface area (Å²) >= 11 is 16.9. The van der Waals surface area contributed by atoms with Gasteiger partial charge in [0.15, 0.2) is 0 Å². The van der Waals surface area contributed by atoms with Gasteiger partial charge in [0.25, 0.3) is 9.70 Å². The number of nitrogens with zero attached hydrogens (tertiary/aromatic N) is 1. The highest BCUT2D eigenvalue weighted by Gasteiger charge is 2.35. The Morgan fingerprint density at radius 3 is 1.64 bits per heavy atom. The molecule has 0 aliphatic heterocycles. The van der Waals surface area contributed by atoms with E-state index in [0.29, 0.717) is 0 Å². The number of amides is 3. The maximum atomic E-state index is 12.9. The van der Waals surface area contributed by atoms with E-state index in [4.69, 9.17) is 39.6 Å². The molecule has 2 aliphatic rings. The minimum Gasteiger partial charge on any atom is -0.272 e. The molecule has 1 N–H and O–H groups in total. The third-order valence-corrected chi connectivity index (χ3v) is 6.16. The summed E-state index contributed by atoms with van der Waals surface area (Å²) in [5, 5.41) is 3.61. The maximum absolute atomic E-state index is 12.9. The van der Waals surface area contributed by atoms with Crippen molar-refractivity contribution in [2.24, 2.45) is 0 Å². The number of imide groups is 1. The van der Waals surface area contributed by atoms with Crippen LogP contribution in [-0.4, -0.2) is 32.9 Å². The molecular weight excluding hydrogens is 423 g/mol. The Kier molecular flexibility index (Phi) is 10.7. The minimum atomic E-state index is -2.18. The van der Waals surface area contributed by atoms with Gasteiger partial charge in [0.1, 0.15) is 0 Å². The van der Waals surface area contributed by atoms with Crippen LogP contribution in [0.2, 0.25) is 0 Å². The Balaban J connectivity index is 2.10. The highest BCUT2D eigenvalue weighted by Crippen LogP contribution is 2.28. The van der Waals surface area contributed by atoms with Crippen LogP contribution >= 0.6 is 34.8 Å². The van der Waals surface area contributed by atoms with Crippen molar-refractivity contribution in [1.29, 1.82) is 0 Å². The van der Waals surface area contributed by atoms with E-state index in [2.05, 4.69) is 5.32 Å². The van der Waals surface area contributed by atoms with Crippen LogP contribution in [0, 0.1) is 0 Å². The van der Waals surface area contributed by atoms with Crippen LogP contribution in [0.5, 0.6) is 0 Å². The Morgan fingerprint density at radius 2 is 1.18 bits per heavy atom. The molecule has 0 aromatic heterocycles. The second-order valence-corrected chi connectivity index (χ2v) is 10.3. The lowest BCUT2D eigenvalue weighted by molar-refractivity contribution is -0.190. The summed E-state index contributed by atoms with van der Waals surface area (Å²) < 4.78 is -2.18. The van der Waals surface area contributed by atoms with Gasteiger partial charge < -0.3 is 0 Å². The Labute approximate surface area is 183 Å². The van der Waals surface area contributed by atoms with Crippen LogP contribution < -0.4 is 5.32 Å². The minimum absolute atomic E-state index is 0.0125. The van der Waals surface area contributed by atoms with Gasteiger partial charge in [-0.1, -0.05) is 105 Å². The first-order chi connectivity index (χ1) is 13.4. The molecule has 28 heavy (non-hydrogen) atoms. The molecule has 0 bridgehead atoms. The number of carbonyl (C=O) groups excluding carboxylic acids is 2. The van der Waals surface area contributed by atoms with Gasteiger partial charge >= 0.3 is 6.03 Å². The lowest BCUT2D eigenvalue weighted by Gasteiger charge is -2.34. The number of carbonyl (C=O) groups is 2. The molecule has 2 saturated carbocycles. The molecule has 5 nitrogen and oxygen atoms in total. The van der Waals surface area contributed by atoms with E-state index in [1.807, 2.05) is 0 Å². The quantitative estimate of drug-likeness (QED) is 0.393. The number of alkyl halides is 3. The molecule has 0 aromatic rings. The first-order valence-electron chi connectivity index (χ1n) is 10.8. The standard InChI is InChI=1S/C20H33Cl3N2O3/c21-20(22,23)18(26)24-19(27)25(16-12-8-4-1-2-5-9-13-16)28-17-14-10-6-3-7-11-15-17/h16-17H,1-15H2,(H,24,26,27). The molecule has 0 spiro atoms. The van der Waals surface area contributed by atoms with E-state index < -0.39 is 15.7 Å². The van der Waals surface area contributed by atoms with E-state index in [1.165, 1.54) is 37.2 Å². The van der Waals surface area contributed by atoms with E-state index in [1.54, 1.807) is 0 Å². The highest BCUT2D eigenvalue weighted by atomic mass is 35.6. The molecule has 162 valence electrons. The number of hydroxylamine groups is 2. The SMILES string of the molecule is O=C(NC(=O)C(Cl)(Cl)Cl)N(OC1CCCCCCC1)C1CCCCCCCC1. The number of rotatable bonds is 3. The number of urea groups is 1. The van der Waals surface area contributed by atoms with E-state index in [-0.39, 0.29) is 12.1 Å². The van der Waals surface area contributed by atoms with Crippen molar-refractivity contribution in [1.82, 2.24) is 10.4 Å². The van der Waals surface area contributed by atoms with Gasteiger partial charge in [0.05, 0.1) is 12.1 Å². The third-order valence-electron chi connectivity index (χ3n) is 5.65. The molecule has 0 aromatic carbocycles. The van der Waals surface area contributed by atoms with Crippen LogP contribution in [-0.2, 0) is 9.63 Å². The van der Waals surface area contributed by atoms with Crippen molar-refractivity contribution < 1.29 is 14.4 Å². The normalized spacial score (nSPS) is 21.5. The molecule has 0 heterocycles. The Hall–Kier alpha value is -0.230. The van der Waals surface area contributed by atoms with Gasteiger partial charge in [-0.2, -0.15) is 5.06 Å². The lowest BCUT2D eigenvalue weighted by Crippen LogP contribution is -2.51. The van der Waals surface area contributed by atoms with E-state index in [9.17, 15) is 9.59 Å². The van der Waals surface area contributed by atoms with Crippen LogP contribution in [0.25, 0.3) is 0 Å². The molecule has 2 aliphatic carbocycles. The van der Waals surface area contributed by atoms with Crippen molar-refractivity contribution in [2.75, 3.05) is 0 Å². The molecule has 2 rings (SSSR count). The topological polar surface area (TPSA) is 58.6 Å². The zero-order chi connectivity index (χ0) is 20.4. The number of hydrogen-bond donors (Lipinski definition) is 1. The maximum Gasteiger partial charge on any atom is 0.348 e. The third kappa shape index (κ3) is 8.64. The van der Waals surface area contributed by atoms with Gasteiger partial charge in [-0.25, -0.2) is 4.79 Å². The number of halogens is 3. The van der Waals surface area contributed by atoms with Crippen molar-refractivity contribution in [2.45, 2.75) is 112 Å². The average molecular weight is 456 g/mol. The first-order valence-corrected chi connectivity index (χ1v) is 11.9. The van der Waals surface area contributed by atoms with Crippen LogP contribution in [0.4, 0.5) is 4.79 Å². The van der Waals surface area contributed by atoms with Gasteiger partial charge in [0.2, 0.25) is 0 Å². The van der Waals surface area contributed by atoms with Crippen molar-refractivity contribution in [3.63, 3.8) is 0 Å². The summed E-state index contributed by atoms with van der Waals surface area (Å²) in [5.41, 5.74) is 0. The predicted molar refractivity (Wildman–Crippen MR) is 114 cm³/mol. The van der Waals surface area contributed by atoms with Gasteiger partial charge in [-0.3, -0.25) is 14.9 Å². The smallest absolute Gasteiger partial charge is 0.272 e. The van der Waals surface area contributed by atoms with E-state index >= 15 is 0 Å². The van der Waals surface area contributed by atoms with Crippen LogP contribution in [0.3, 0.4) is 0 Å². The Bertz CT molecular complexity index is 482. The fourth-order valence-corrected chi connectivity index (χ4v) is 4.20. The highest BCUT2D eigenvalue weighted by molar-refractivity contribution is 6.76. The van der Waals surface area contributed by atoms with Gasteiger partial charge in [-0.05, 0) is 25.7 Å². The second-order valence-electron chi connectivity index (χ2n) is 8.01. The fourth-order valence-electron chi connectivity index (χ4n) is 4.05. The average Bonchev–Trinajstić information content (AvgIpc) is 2.74.